The minimum Gasteiger partial charge on any atom is -0.488 e. The number of rotatable bonds is 7. The summed E-state index contributed by atoms with van der Waals surface area (Å²) in [7, 11) is 2.08. The molecule has 0 aliphatic heterocycles. The lowest BCUT2D eigenvalue weighted by Gasteiger charge is -2.18. The van der Waals surface area contributed by atoms with Crippen molar-refractivity contribution in [1.82, 2.24) is 20.1 Å². The second-order valence-electron chi connectivity index (χ2n) is 6.94. The van der Waals surface area contributed by atoms with Crippen LogP contribution in [0.1, 0.15) is 33.6 Å². The molecule has 0 aliphatic rings. The summed E-state index contributed by atoms with van der Waals surface area (Å²) in [6.07, 6.45) is 1.54. The van der Waals surface area contributed by atoms with Crippen LogP contribution in [0.5, 0.6) is 5.75 Å². The molecule has 0 aliphatic carbocycles. The van der Waals surface area contributed by atoms with Crippen molar-refractivity contribution < 1.29 is 4.74 Å². The number of hydrogen-bond donors (Lipinski definition) is 1. The molecule has 5 nitrogen and oxygen atoms in total. The molecule has 0 unspecified atom stereocenters. The number of ether oxygens (including phenoxy) is 1. The van der Waals surface area contributed by atoms with Crippen LogP contribution in [-0.2, 0) is 19.7 Å². The Morgan fingerprint density at radius 2 is 1.77 bits per heavy atom. The molecule has 26 heavy (non-hydrogen) atoms. The number of aromatic nitrogens is 3. The van der Waals surface area contributed by atoms with Crippen LogP contribution in [0.3, 0.4) is 0 Å². The van der Waals surface area contributed by atoms with Crippen LogP contribution in [0.4, 0.5) is 0 Å². The van der Waals surface area contributed by atoms with Gasteiger partial charge in [0.25, 0.3) is 0 Å². The molecule has 0 fully saturated rings. The van der Waals surface area contributed by atoms with Crippen LogP contribution in [0, 0.1) is 20.8 Å². The Hall–Kier alpha value is -2.66. The Balaban J connectivity index is 1.65. The third-order valence-corrected chi connectivity index (χ3v) is 4.32. The number of nitrogens with one attached hydrogen (secondary N) is 1. The Kier molecular flexibility index (Phi) is 5.68. The number of H-pyrrole nitrogens is 1. The van der Waals surface area contributed by atoms with Crippen LogP contribution < -0.4 is 4.74 Å². The molecule has 3 aromatic rings. The summed E-state index contributed by atoms with van der Waals surface area (Å²) in [5, 5.41) is 6.79. The van der Waals surface area contributed by atoms with E-state index in [2.05, 4.69) is 84.3 Å². The maximum absolute atomic E-state index is 6.12. The number of nitrogens with zero attached hydrogens (tertiary/aromatic N) is 3. The van der Waals surface area contributed by atoms with E-state index in [1.807, 2.05) is 0 Å². The zero-order valence-electron chi connectivity index (χ0n) is 15.9. The first kappa shape index (κ1) is 18.1. The molecule has 0 spiro atoms. The van der Waals surface area contributed by atoms with Crippen LogP contribution in [0.25, 0.3) is 0 Å². The van der Waals surface area contributed by atoms with Gasteiger partial charge in [0.05, 0.1) is 6.54 Å². The van der Waals surface area contributed by atoms with Crippen LogP contribution in [0.2, 0.25) is 0 Å². The van der Waals surface area contributed by atoms with Gasteiger partial charge >= 0.3 is 0 Å². The predicted octanol–water partition coefficient (Wildman–Crippen LogP) is 3.94. The summed E-state index contributed by atoms with van der Waals surface area (Å²) in [5.74, 6) is 1.85. The van der Waals surface area contributed by atoms with Gasteiger partial charge in [-0.25, -0.2) is 4.98 Å². The van der Waals surface area contributed by atoms with E-state index in [9.17, 15) is 0 Å². The van der Waals surface area contributed by atoms with Gasteiger partial charge in [-0.1, -0.05) is 42.0 Å². The third-order valence-electron chi connectivity index (χ3n) is 4.32. The first-order valence-electron chi connectivity index (χ1n) is 8.82. The molecule has 0 saturated heterocycles. The van der Waals surface area contributed by atoms with Crippen molar-refractivity contribution in [2.24, 2.45) is 0 Å². The molecule has 0 bridgehead atoms. The molecule has 1 N–H and O–H groups in total. The largest absolute Gasteiger partial charge is 0.488 e. The molecule has 0 atom stereocenters. The van der Waals surface area contributed by atoms with E-state index in [-0.39, 0.29) is 0 Å². The van der Waals surface area contributed by atoms with Crippen molar-refractivity contribution in [1.29, 1.82) is 0 Å². The maximum atomic E-state index is 6.12. The van der Waals surface area contributed by atoms with Gasteiger partial charge in [0.15, 0.2) is 0 Å². The summed E-state index contributed by atoms with van der Waals surface area (Å²) < 4.78 is 6.12. The molecule has 0 saturated carbocycles. The average Bonchev–Trinajstić information content (AvgIpc) is 3.07. The normalized spacial score (nSPS) is 11.1. The van der Waals surface area contributed by atoms with E-state index in [0.717, 1.165) is 24.7 Å². The standard InChI is InChI=1S/C21H26N4O/c1-15-6-5-7-18(8-15)13-26-21-16(2)9-19(10-17(21)3)11-25(4)12-20-22-14-23-24-20/h5-10,14H,11-13H2,1-4H3,(H,22,23,24). The predicted molar refractivity (Wildman–Crippen MR) is 103 cm³/mol. The lowest BCUT2D eigenvalue weighted by molar-refractivity contribution is 0.299. The fourth-order valence-corrected chi connectivity index (χ4v) is 3.25. The topological polar surface area (TPSA) is 54.0 Å². The SMILES string of the molecule is Cc1cccc(COc2c(C)cc(CN(C)Cc3ncn[nH]3)cc2C)c1. The molecule has 0 amide bonds. The van der Waals surface area contributed by atoms with E-state index in [1.165, 1.54) is 34.1 Å². The van der Waals surface area contributed by atoms with E-state index in [4.69, 9.17) is 4.74 Å². The summed E-state index contributed by atoms with van der Waals surface area (Å²) in [4.78, 5) is 6.39. The Labute approximate surface area is 155 Å². The number of hydrogen-bond acceptors (Lipinski definition) is 4. The van der Waals surface area contributed by atoms with E-state index in [0.29, 0.717) is 6.61 Å². The zero-order valence-corrected chi connectivity index (χ0v) is 15.9. The number of aryl methyl sites for hydroxylation is 3. The zero-order chi connectivity index (χ0) is 18.5. The highest BCUT2D eigenvalue weighted by Gasteiger charge is 2.10. The van der Waals surface area contributed by atoms with Crippen molar-refractivity contribution in [3.05, 3.63) is 76.4 Å². The monoisotopic (exact) mass is 350 g/mol. The van der Waals surface area contributed by atoms with Gasteiger partial charge in [-0.2, -0.15) is 5.10 Å². The fraction of sp³-hybridized carbons (Fsp3) is 0.333. The van der Waals surface area contributed by atoms with Gasteiger partial charge in [0, 0.05) is 6.54 Å². The highest BCUT2D eigenvalue weighted by molar-refractivity contribution is 5.43. The van der Waals surface area contributed by atoms with Gasteiger partial charge in [-0.05, 0) is 50.1 Å². The number of aromatic amines is 1. The fourth-order valence-electron chi connectivity index (χ4n) is 3.25. The van der Waals surface area contributed by atoms with Crippen molar-refractivity contribution in [2.75, 3.05) is 7.05 Å². The molecule has 2 aromatic carbocycles. The molecular weight excluding hydrogens is 324 g/mol. The Morgan fingerprint density at radius 3 is 2.42 bits per heavy atom. The molecule has 5 heteroatoms. The van der Waals surface area contributed by atoms with Gasteiger partial charge in [-0.15, -0.1) is 0 Å². The van der Waals surface area contributed by atoms with Crippen LogP contribution >= 0.6 is 0 Å². The molecule has 0 radical (unpaired) electrons. The summed E-state index contributed by atoms with van der Waals surface area (Å²) in [6.45, 7) is 8.50. The second kappa shape index (κ2) is 8.15. The van der Waals surface area contributed by atoms with Crippen molar-refractivity contribution in [3.63, 3.8) is 0 Å². The van der Waals surface area contributed by atoms with Crippen LogP contribution in [-0.4, -0.2) is 27.1 Å². The first-order chi connectivity index (χ1) is 12.5. The smallest absolute Gasteiger partial charge is 0.138 e. The molecular formula is C21H26N4O. The minimum absolute atomic E-state index is 0.591. The second-order valence-corrected chi connectivity index (χ2v) is 6.94. The lowest BCUT2D eigenvalue weighted by atomic mass is 10.1. The van der Waals surface area contributed by atoms with E-state index >= 15 is 0 Å². The molecule has 1 heterocycles. The Bertz CT molecular complexity index is 835. The summed E-state index contributed by atoms with van der Waals surface area (Å²) in [6, 6.07) is 12.8. The van der Waals surface area contributed by atoms with Crippen molar-refractivity contribution in [2.45, 2.75) is 40.5 Å². The van der Waals surface area contributed by atoms with Crippen molar-refractivity contribution >= 4 is 0 Å². The highest BCUT2D eigenvalue weighted by Crippen LogP contribution is 2.26. The van der Waals surface area contributed by atoms with E-state index < -0.39 is 0 Å². The van der Waals surface area contributed by atoms with Crippen molar-refractivity contribution in [3.8, 4) is 5.75 Å². The minimum atomic E-state index is 0.591. The van der Waals surface area contributed by atoms with Gasteiger partial charge in [0.2, 0.25) is 0 Å². The summed E-state index contributed by atoms with van der Waals surface area (Å²) >= 11 is 0. The third kappa shape index (κ3) is 4.70. The average molecular weight is 350 g/mol. The molecule has 136 valence electrons. The lowest BCUT2D eigenvalue weighted by Crippen LogP contribution is -2.18. The van der Waals surface area contributed by atoms with E-state index in [1.54, 1.807) is 0 Å². The quantitative estimate of drug-likeness (QED) is 0.701. The number of benzene rings is 2. The van der Waals surface area contributed by atoms with Gasteiger partial charge < -0.3 is 4.74 Å². The maximum Gasteiger partial charge on any atom is 0.138 e. The molecule has 1 aromatic heterocycles. The first-order valence-corrected chi connectivity index (χ1v) is 8.82. The van der Waals surface area contributed by atoms with Gasteiger partial charge in [-0.3, -0.25) is 10.00 Å². The highest BCUT2D eigenvalue weighted by atomic mass is 16.5. The Morgan fingerprint density at radius 1 is 1.00 bits per heavy atom. The van der Waals surface area contributed by atoms with Crippen LogP contribution in [0.15, 0.2) is 42.7 Å². The van der Waals surface area contributed by atoms with Gasteiger partial charge in [0.1, 0.15) is 24.5 Å². The molecule has 3 rings (SSSR count). The summed E-state index contributed by atoms with van der Waals surface area (Å²) in [5.41, 5.74) is 6.05.